The van der Waals surface area contributed by atoms with Crippen LogP contribution in [-0.4, -0.2) is 17.4 Å². The zero-order valence-corrected chi connectivity index (χ0v) is 6.27. The van der Waals surface area contributed by atoms with E-state index in [0.717, 1.165) is 0 Å². The first-order valence-electron chi connectivity index (χ1n) is 3.40. The largest absolute Gasteiger partial charge is 0.707 e. The van der Waals surface area contributed by atoms with Gasteiger partial charge < -0.3 is 14.7 Å². The molecule has 1 aromatic carbocycles. The van der Waals surface area contributed by atoms with Gasteiger partial charge in [0, 0.05) is 0 Å². The predicted octanol–water partition coefficient (Wildman–Crippen LogP) is 0.504. The third-order valence-electron chi connectivity index (χ3n) is 1.32. The highest BCUT2D eigenvalue weighted by Gasteiger charge is 2.10. The van der Waals surface area contributed by atoms with Gasteiger partial charge in [0.2, 0.25) is 0 Å². The van der Waals surface area contributed by atoms with Crippen LogP contribution in [0.1, 0.15) is 5.56 Å². The molecule has 64 valence electrons. The summed E-state index contributed by atoms with van der Waals surface area (Å²) in [5.74, 6) is 0.294. The summed E-state index contributed by atoms with van der Waals surface area (Å²) in [7, 11) is -1.83. The number of benzene rings is 1. The minimum Gasteiger partial charge on any atom is -0.512 e. The van der Waals surface area contributed by atoms with Gasteiger partial charge in [0.1, 0.15) is 12.4 Å². The maximum Gasteiger partial charge on any atom is 0.707 e. The van der Waals surface area contributed by atoms with E-state index >= 15 is 0 Å². The molecule has 1 rings (SSSR count). The Bertz CT molecular complexity index is 237. The maximum atomic E-state index is 12.0. The second-order valence-corrected chi connectivity index (χ2v) is 2.22. The smallest absolute Gasteiger partial charge is 0.512 e. The van der Waals surface area contributed by atoms with E-state index in [1.54, 1.807) is 0 Å². The van der Waals surface area contributed by atoms with Crippen LogP contribution in [0, 0.1) is 0 Å². The Morgan fingerprint density at radius 1 is 1.25 bits per heavy atom. The van der Waals surface area contributed by atoms with Crippen LogP contribution < -0.4 is 4.65 Å². The molecule has 3 nitrogen and oxygen atoms in total. The molecule has 0 aliphatic rings. The quantitative estimate of drug-likeness (QED) is 0.649. The van der Waals surface area contributed by atoms with Crippen molar-refractivity contribution in [3.63, 3.8) is 0 Å². The van der Waals surface area contributed by atoms with Gasteiger partial charge in [0.15, 0.2) is 0 Å². The van der Waals surface area contributed by atoms with Gasteiger partial charge >= 0.3 is 7.32 Å². The van der Waals surface area contributed by atoms with Crippen molar-refractivity contribution in [3.8, 4) is 5.75 Å². The highest BCUT2D eigenvalue weighted by molar-refractivity contribution is 6.33. The molecule has 0 radical (unpaired) electrons. The minimum atomic E-state index is -1.83. The van der Waals surface area contributed by atoms with Crippen LogP contribution in [0.5, 0.6) is 5.75 Å². The van der Waals surface area contributed by atoms with E-state index in [4.69, 9.17) is 10.0 Å². The predicted molar refractivity (Wildman–Crippen MR) is 42.1 cm³/mol. The van der Waals surface area contributed by atoms with Crippen molar-refractivity contribution in [2.75, 3.05) is 0 Å². The summed E-state index contributed by atoms with van der Waals surface area (Å²) in [5.41, 5.74) is 0.523. The molecule has 0 saturated heterocycles. The molecule has 0 amide bonds. The molecule has 2 N–H and O–H groups in total. The fraction of sp³-hybridized carbons (Fsp3) is 0.143. The number of halogens is 1. The lowest BCUT2D eigenvalue weighted by molar-refractivity contribution is 0.288. The number of hydrogen-bond acceptors (Lipinski definition) is 3. The SMILES string of the molecule is OB(O)Oc1ccc(CF)cc1. The van der Waals surface area contributed by atoms with Gasteiger partial charge in [-0.05, 0) is 17.7 Å². The van der Waals surface area contributed by atoms with Crippen molar-refractivity contribution < 1.29 is 19.1 Å². The van der Waals surface area contributed by atoms with Crippen LogP contribution in [0.2, 0.25) is 0 Å². The molecule has 12 heavy (non-hydrogen) atoms. The van der Waals surface area contributed by atoms with Crippen LogP contribution in [-0.2, 0) is 6.67 Å². The van der Waals surface area contributed by atoms with E-state index in [2.05, 4.69) is 4.65 Å². The summed E-state index contributed by atoms with van der Waals surface area (Å²) in [4.78, 5) is 0. The third-order valence-corrected chi connectivity index (χ3v) is 1.32. The van der Waals surface area contributed by atoms with Crippen molar-refractivity contribution >= 4 is 7.32 Å². The Balaban J connectivity index is 2.65. The summed E-state index contributed by atoms with van der Waals surface area (Å²) in [6.07, 6.45) is 0. The molecule has 1 aromatic rings. The van der Waals surface area contributed by atoms with Crippen molar-refractivity contribution in [3.05, 3.63) is 29.8 Å². The molecule has 0 aliphatic heterocycles. The fourth-order valence-corrected chi connectivity index (χ4v) is 0.779. The van der Waals surface area contributed by atoms with Gasteiger partial charge in [-0.2, -0.15) is 0 Å². The van der Waals surface area contributed by atoms with Gasteiger partial charge in [-0.15, -0.1) is 0 Å². The average molecular weight is 170 g/mol. The summed E-state index contributed by atoms with van der Waals surface area (Å²) in [6.45, 7) is -0.540. The topological polar surface area (TPSA) is 49.7 Å². The van der Waals surface area contributed by atoms with Crippen LogP contribution in [0.3, 0.4) is 0 Å². The second-order valence-electron chi connectivity index (χ2n) is 2.22. The van der Waals surface area contributed by atoms with Gasteiger partial charge in [0.25, 0.3) is 0 Å². The van der Waals surface area contributed by atoms with Crippen LogP contribution in [0.4, 0.5) is 4.39 Å². The van der Waals surface area contributed by atoms with E-state index in [1.807, 2.05) is 0 Å². The minimum absolute atomic E-state index is 0.294. The van der Waals surface area contributed by atoms with E-state index in [0.29, 0.717) is 11.3 Å². The molecule has 0 saturated carbocycles. The standard InChI is InChI=1S/C7H8BFO3/c9-5-6-1-3-7(4-2-6)12-8(10)11/h1-4,10-11H,5H2. The van der Waals surface area contributed by atoms with Crippen molar-refractivity contribution in [1.82, 2.24) is 0 Å². The molecule has 0 spiro atoms. The lowest BCUT2D eigenvalue weighted by Gasteiger charge is -2.03. The first kappa shape index (κ1) is 9.03. The summed E-state index contributed by atoms with van der Waals surface area (Å²) in [5, 5.41) is 16.8. The Labute approximate surface area is 69.6 Å². The summed E-state index contributed by atoms with van der Waals surface area (Å²) >= 11 is 0. The van der Waals surface area contributed by atoms with E-state index in [1.165, 1.54) is 24.3 Å². The zero-order valence-electron chi connectivity index (χ0n) is 6.27. The van der Waals surface area contributed by atoms with Crippen LogP contribution in [0.25, 0.3) is 0 Å². The van der Waals surface area contributed by atoms with Gasteiger partial charge in [0.05, 0.1) is 0 Å². The zero-order chi connectivity index (χ0) is 8.97. The van der Waals surface area contributed by atoms with Gasteiger partial charge in [-0.25, -0.2) is 4.39 Å². The number of hydrogen-bond donors (Lipinski definition) is 2. The van der Waals surface area contributed by atoms with Crippen LogP contribution in [0.15, 0.2) is 24.3 Å². The Morgan fingerprint density at radius 2 is 1.83 bits per heavy atom. The maximum absolute atomic E-state index is 12.0. The van der Waals surface area contributed by atoms with E-state index in [-0.39, 0.29) is 0 Å². The first-order valence-corrected chi connectivity index (χ1v) is 3.40. The molecule has 0 fully saturated rings. The monoisotopic (exact) mass is 170 g/mol. The molecular weight excluding hydrogens is 162 g/mol. The molecule has 0 aliphatic carbocycles. The lowest BCUT2D eigenvalue weighted by Crippen LogP contribution is -2.20. The Hall–Kier alpha value is -1.07. The Kier molecular flexibility index (Phi) is 3.07. The molecular formula is C7H8BFO3. The van der Waals surface area contributed by atoms with Crippen molar-refractivity contribution in [2.45, 2.75) is 6.67 Å². The van der Waals surface area contributed by atoms with E-state index in [9.17, 15) is 4.39 Å². The second kappa shape index (κ2) is 4.08. The van der Waals surface area contributed by atoms with Crippen LogP contribution >= 0.6 is 0 Å². The molecule has 0 bridgehead atoms. The molecule has 0 unspecified atom stereocenters. The first-order chi connectivity index (χ1) is 5.72. The Morgan fingerprint density at radius 3 is 2.25 bits per heavy atom. The third kappa shape index (κ3) is 2.52. The highest BCUT2D eigenvalue weighted by Crippen LogP contribution is 2.12. The van der Waals surface area contributed by atoms with Gasteiger partial charge in [-0.1, -0.05) is 12.1 Å². The summed E-state index contributed by atoms with van der Waals surface area (Å²) in [6, 6.07) is 5.96. The molecule has 0 heterocycles. The lowest BCUT2D eigenvalue weighted by atomic mass is 10.2. The molecule has 5 heteroatoms. The normalized spacial score (nSPS) is 9.58. The van der Waals surface area contributed by atoms with E-state index < -0.39 is 14.0 Å². The number of rotatable bonds is 3. The number of alkyl halides is 1. The van der Waals surface area contributed by atoms with Crippen molar-refractivity contribution in [1.29, 1.82) is 0 Å². The molecule has 0 aromatic heterocycles. The fourth-order valence-electron chi connectivity index (χ4n) is 0.779. The average Bonchev–Trinajstić information content (AvgIpc) is 2.05. The highest BCUT2D eigenvalue weighted by atomic mass is 19.1. The van der Waals surface area contributed by atoms with Gasteiger partial charge in [-0.3, -0.25) is 0 Å². The van der Waals surface area contributed by atoms with Crippen molar-refractivity contribution in [2.24, 2.45) is 0 Å². The molecule has 0 atom stereocenters. The summed E-state index contributed by atoms with van der Waals surface area (Å²) < 4.78 is 16.5.